The van der Waals surface area contributed by atoms with Gasteiger partial charge >= 0.3 is 0 Å². The maximum Gasteiger partial charge on any atom is 0.248 e. The van der Waals surface area contributed by atoms with E-state index in [2.05, 4.69) is 49.7 Å². The number of benzene rings is 3. The lowest BCUT2D eigenvalue weighted by Crippen LogP contribution is -2.02. The molecule has 0 atom stereocenters. The first-order valence-corrected chi connectivity index (χ1v) is 12.8. The lowest BCUT2D eigenvalue weighted by Gasteiger charge is -2.18. The molecule has 7 aromatic rings. The number of aromatic amines is 2. The molecule has 0 aliphatic rings. The number of nitrogens with one attached hydrogen (secondary N) is 2. The summed E-state index contributed by atoms with van der Waals surface area (Å²) in [6.45, 7) is 0. The fourth-order valence-electron chi connectivity index (χ4n) is 5.00. The van der Waals surface area contributed by atoms with Gasteiger partial charge in [-0.25, -0.2) is 0 Å². The van der Waals surface area contributed by atoms with E-state index in [1.807, 2.05) is 60.7 Å². The summed E-state index contributed by atoms with van der Waals surface area (Å²) in [5.74, 6) is 0.826. The summed E-state index contributed by atoms with van der Waals surface area (Å²) >= 11 is 12.8. The quantitative estimate of drug-likeness (QED) is 0.232. The molecular formula is C30H19Cl2N5O. The van der Waals surface area contributed by atoms with Crippen molar-refractivity contribution in [2.24, 2.45) is 0 Å². The molecule has 4 aromatic heterocycles. The molecule has 0 amide bonds. The van der Waals surface area contributed by atoms with Crippen LogP contribution < -0.4 is 0 Å². The zero-order valence-electron chi connectivity index (χ0n) is 19.8. The van der Waals surface area contributed by atoms with Crippen molar-refractivity contribution in [3.8, 4) is 22.9 Å². The Hall–Kier alpha value is -4.39. The first-order chi connectivity index (χ1) is 18.6. The Balaban J connectivity index is 1.34. The Bertz CT molecular complexity index is 1820. The third kappa shape index (κ3) is 3.95. The standard InChI is InChI=1S/C30H19Cl2N5O/c31-20-5-7-26-22(13-20)24(15-34-26)28(25-16-35-27-8-6-21(32)14-23(25)27)17-1-3-18(4-2-17)29-36-37-30(38-29)19-9-11-33-12-10-19/h1-16,28,34-35H. The van der Waals surface area contributed by atoms with Crippen LogP contribution in [0.1, 0.15) is 22.6 Å². The second-order valence-electron chi connectivity index (χ2n) is 9.07. The Kier molecular flexibility index (Phi) is 5.50. The van der Waals surface area contributed by atoms with Crippen molar-refractivity contribution in [2.45, 2.75) is 5.92 Å². The van der Waals surface area contributed by atoms with Crippen LogP contribution in [0, 0.1) is 0 Å². The topological polar surface area (TPSA) is 83.4 Å². The SMILES string of the molecule is Clc1ccc2[nH]cc(C(c3ccc(-c4nnc(-c5ccncc5)o4)cc3)c3c[nH]c4ccc(Cl)cc34)c2c1. The van der Waals surface area contributed by atoms with Gasteiger partial charge < -0.3 is 14.4 Å². The van der Waals surface area contributed by atoms with E-state index in [-0.39, 0.29) is 5.92 Å². The van der Waals surface area contributed by atoms with E-state index in [0.29, 0.717) is 21.8 Å². The summed E-state index contributed by atoms with van der Waals surface area (Å²) in [6, 6.07) is 23.7. The predicted octanol–water partition coefficient (Wildman–Crippen LogP) is 8.25. The highest BCUT2D eigenvalue weighted by molar-refractivity contribution is 6.31. The molecule has 7 rings (SSSR count). The van der Waals surface area contributed by atoms with E-state index in [0.717, 1.165) is 49.6 Å². The molecule has 0 saturated heterocycles. The van der Waals surface area contributed by atoms with Gasteiger partial charge in [0.25, 0.3) is 0 Å². The Morgan fingerprint density at radius 2 is 1.16 bits per heavy atom. The number of fused-ring (bicyclic) bond motifs is 2. The highest BCUT2D eigenvalue weighted by Crippen LogP contribution is 2.41. The molecule has 0 unspecified atom stereocenters. The molecule has 184 valence electrons. The first-order valence-electron chi connectivity index (χ1n) is 12.0. The number of aromatic nitrogens is 5. The van der Waals surface area contributed by atoms with Gasteiger partial charge in [0.1, 0.15) is 0 Å². The molecule has 0 radical (unpaired) electrons. The molecule has 0 aliphatic heterocycles. The average molecular weight is 536 g/mol. The van der Waals surface area contributed by atoms with E-state index in [9.17, 15) is 0 Å². The smallest absolute Gasteiger partial charge is 0.248 e. The number of rotatable bonds is 5. The number of halogens is 2. The van der Waals surface area contributed by atoms with Crippen LogP contribution in [0.25, 0.3) is 44.7 Å². The van der Waals surface area contributed by atoms with Crippen LogP contribution in [-0.2, 0) is 0 Å². The number of pyridine rings is 1. The lowest BCUT2D eigenvalue weighted by atomic mass is 9.84. The summed E-state index contributed by atoms with van der Waals surface area (Å²) < 4.78 is 5.95. The van der Waals surface area contributed by atoms with Gasteiger partial charge in [0.2, 0.25) is 11.8 Å². The summed E-state index contributed by atoms with van der Waals surface area (Å²) in [4.78, 5) is 10.9. The minimum Gasteiger partial charge on any atom is -0.416 e. The fourth-order valence-corrected chi connectivity index (χ4v) is 5.35. The van der Waals surface area contributed by atoms with Gasteiger partial charge in [0.15, 0.2) is 0 Å². The lowest BCUT2D eigenvalue weighted by molar-refractivity contribution is 0.584. The van der Waals surface area contributed by atoms with Crippen molar-refractivity contribution in [1.82, 2.24) is 25.1 Å². The molecule has 0 saturated carbocycles. The third-order valence-corrected chi connectivity index (χ3v) is 7.29. The summed E-state index contributed by atoms with van der Waals surface area (Å²) in [5, 5.41) is 12.0. The van der Waals surface area contributed by atoms with E-state index in [4.69, 9.17) is 27.6 Å². The van der Waals surface area contributed by atoms with Crippen molar-refractivity contribution in [3.05, 3.63) is 124 Å². The zero-order chi connectivity index (χ0) is 25.6. The van der Waals surface area contributed by atoms with Crippen LogP contribution >= 0.6 is 23.2 Å². The van der Waals surface area contributed by atoms with Gasteiger partial charge in [0, 0.05) is 73.7 Å². The van der Waals surface area contributed by atoms with Gasteiger partial charge in [-0.15, -0.1) is 10.2 Å². The van der Waals surface area contributed by atoms with Crippen molar-refractivity contribution in [3.63, 3.8) is 0 Å². The molecule has 0 spiro atoms. The minimum absolute atomic E-state index is 0.0847. The molecule has 38 heavy (non-hydrogen) atoms. The number of nitrogens with zero attached hydrogens (tertiary/aromatic N) is 3. The van der Waals surface area contributed by atoms with Crippen LogP contribution in [0.2, 0.25) is 10.0 Å². The Morgan fingerprint density at radius 1 is 0.632 bits per heavy atom. The molecule has 3 aromatic carbocycles. The van der Waals surface area contributed by atoms with Crippen LogP contribution in [0.5, 0.6) is 0 Å². The largest absolute Gasteiger partial charge is 0.416 e. The zero-order valence-corrected chi connectivity index (χ0v) is 21.3. The van der Waals surface area contributed by atoms with Crippen LogP contribution in [0.4, 0.5) is 0 Å². The molecule has 0 fully saturated rings. The number of hydrogen-bond donors (Lipinski definition) is 2. The second kappa shape index (κ2) is 9.17. The van der Waals surface area contributed by atoms with E-state index >= 15 is 0 Å². The normalized spacial score (nSPS) is 11.7. The van der Waals surface area contributed by atoms with E-state index in [1.165, 1.54) is 0 Å². The highest BCUT2D eigenvalue weighted by Gasteiger charge is 2.24. The average Bonchev–Trinajstić information content (AvgIpc) is 3.69. The maximum absolute atomic E-state index is 6.41. The van der Waals surface area contributed by atoms with Gasteiger partial charge in [0.05, 0.1) is 0 Å². The first kappa shape index (κ1) is 22.8. The maximum atomic E-state index is 6.41. The fraction of sp³-hybridized carbons (Fsp3) is 0.0333. The summed E-state index contributed by atoms with van der Waals surface area (Å²) in [6.07, 6.45) is 7.51. The molecule has 4 heterocycles. The molecular weight excluding hydrogens is 517 g/mol. The summed E-state index contributed by atoms with van der Waals surface area (Å²) in [7, 11) is 0. The molecule has 2 N–H and O–H groups in total. The third-order valence-electron chi connectivity index (χ3n) is 6.82. The molecule has 6 nitrogen and oxygen atoms in total. The van der Waals surface area contributed by atoms with E-state index < -0.39 is 0 Å². The van der Waals surface area contributed by atoms with Crippen LogP contribution in [0.15, 0.2) is 102 Å². The minimum atomic E-state index is -0.0847. The summed E-state index contributed by atoms with van der Waals surface area (Å²) in [5.41, 5.74) is 7.06. The molecule has 0 bridgehead atoms. The van der Waals surface area contributed by atoms with Crippen molar-refractivity contribution in [1.29, 1.82) is 0 Å². The van der Waals surface area contributed by atoms with Crippen LogP contribution in [0.3, 0.4) is 0 Å². The van der Waals surface area contributed by atoms with Crippen molar-refractivity contribution in [2.75, 3.05) is 0 Å². The van der Waals surface area contributed by atoms with Crippen molar-refractivity contribution >= 4 is 45.0 Å². The van der Waals surface area contributed by atoms with Gasteiger partial charge in [-0.2, -0.15) is 0 Å². The molecule has 8 heteroatoms. The highest BCUT2D eigenvalue weighted by atomic mass is 35.5. The second-order valence-corrected chi connectivity index (χ2v) is 9.94. The van der Waals surface area contributed by atoms with Gasteiger partial charge in [-0.1, -0.05) is 35.3 Å². The van der Waals surface area contributed by atoms with Crippen LogP contribution in [-0.4, -0.2) is 25.1 Å². The van der Waals surface area contributed by atoms with Gasteiger partial charge in [-0.3, -0.25) is 4.98 Å². The monoisotopic (exact) mass is 535 g/mol. The Morgan fingerprint density at radius 3 is 1.71 bits per heavy atom. The number of hydrogen-bond acceptors (Lipinski definition) is 4. The Labute approximate surface area is 227 Å². The van der Waals surface area contributed by atoms with Gasteiger partial charge in [-0.05, 0) is 77.4 Å². The van der Waals surface area contributed by atoms with Crippen molar-refractivity contribution < 1.29 is 4.42 Å². The number of H-pyrrole nitrogens is 2. The predicted molar refractivity (Wildman–Crippen MR) is 151 cm³/mol. The van der Waals surface area contributed by atoms with E-state index in [1.54, 1.807) is 12.4 Å². The molecule has 0 aliphatic carbocycles.